The molecule has 0 unspecified atom stereocenters. The number of aromatic nitrogens is 2. The van der Waals surface area contributed by atoms with Gasteiger partial charge in [-0.1, -0.05) is 18.2 Å². The lowest BCUT2D eigenvalue weighted by Gasteiger charge is -2.11. The van der Waals surface area contributed by atoms with E-state index in [1.165, 1.54) is 14.1 Å². The molecular formula is C19H23N3O6. The van der Waals surface area contributed by atoms with E-state index in [4.69, 9.17) is 15.2 Å². The summed E-state index contributed by atoms with van der Waals surface area (Å²) < 4.78 is 12.2. The van der Waals surface area contributed by atoms with Crippen molar-refractivity contribution >= 4 is 17.6 Å². The molecule has 0 amide bonds. The topological polar surface area (TPSA) is 123 Å². The lowest BCUT2D eigenvalue weighted by Crippen LogP contribution is -2.42. The molecule has 0 fully saturated rings. The van der Waals surface area contributed by atoms with Gasteiger partial charge in [0.1, 0.15) is 17.1 Å². The zero-order valence-electron chi connectivity index (χ0n) is 16.1. The third-order valence-corrected chi connectivity index (χ3v) is 4.22. The predicted molar refractivity (Wildman–Crippen MR) is 103 cm³/mol. The van der Waals surface area contributed by atoms with Crippen LogP contribution in [0.5, 0.6) is 5.75 Å². The molecule has 1 heterocycles. The van der Waals surface area contributed by atoms with Gasteiger partial charge in [0.05, 0.1) is 6.61 Å². The molecule has 9 heteroatoms. The fraction of sp³-hybridized carbons (Fsp3) is 0.368. The molecule has 0 radical (unpaired) electrons. The van der Waals surface area contributed by atoms with Gasteiger partial charge in [0, 0.05) is 20.5 Å². The number of nitrogens with two attached hydrogens (primary N) is 1. The van der Waals surface area contributed by atoms with Crippen molar-refractivity contribution in [3.8, 4) is 5.75 Å². The van der Waals surface area contributed by atoms with Gasteiger partial charge in [0.2, 0.25) is 5.78 Å². The summed E-state index contributed by atoms with van der Waals surface area (Å²) in [5.41, 5.74) is 4.71. The van der Waals surface area contributed by atoms with Crippen molar-refractivity contribution in [2.45, 2.75) is 19.8 Å². The van der Waals surface area contributed by atoms with Crippen molar-refractivity contribution in [1.29, 1.82) is 0 Å². The van der Waals surface area contributed by atoms with Crippen LogP contribution in [-0.4, -0.2) is 34.1 Å². The Hall–Kier alpha value is -3.36. The van der Waals surface area contributed by atoms with E-state index in [9.17, 15) is 19.2 Å². The zero-order valence-corrected chi connectivity index (χ0v) is 16.1. The average Bonchev–Trinajstić information content (AvgIpc) is 2.69. The second-order valence-electron chi connectivity index (χ2n) is 6.09. The van der Waals surface area contributed by atoms with Crippen molar-refractivity contribution in [3.63, 3.8) is 0 Å². The van der Waals surface area contributed by atoms with Gasteiger partial charge in [-0.05, 0) is 25.0 Å². The Kier molecular flexibility index (Phi) is 6.75. The van der Waals surface area contributed by atoms with Crippen LogP contribution in [0.2, 0.25) is 0 Å². The summed E-state index contributed by atoms with van der Waals surface area (Å²) in [7, 11) is 2.58. The first-order chi connectivity index (χ1) is 13.3. The van der Waals surface area contributed by atoms with Crippen molar-refractivity contribution in [3.05, 3.63) is 56.2 Å². The van der Waals surface area contributed by atoms with Crippen LogP contribution >= 0.6 is 0 Å². The normalized spacial score (nSPS) is 10.5. The van der Waals surface area contributed by atoms with Gasteiger partial charge in [0.25, 0.3) is 5.56 Å². The Morgan fingerprint density at radius 1 is 1.11 bits per heavy atom. The van der Waals surface area contributed by atoms with Gasteiger partial charge < -0.3 is 15.2 Å². The fourth-order valence-electron chi connectivity index (χ4n) is 2.66. The van der Waals surface area contributed by atoms with Crippen molar-refractivity contribution in [2.24, 2.45) is 14.1 Å². The van der Waals surface area contributed by atoms with Gasteiger partial charge >= 0.3 is 11.7 Å². The fourth-order valence-corrected chi connectivity index (χ4v) is 2.66. The lowest BCUT2D eigenvalue weighted by atomic mass is 10.1. The van der Waals surface area contributed by atoms with Crippen LogP contribution in [0.15, 0.2) is 33.9 Å². The third-order valence-electron chi connectivity index (χ3n) is 4.22. The summed E-state index contributed by atoms with van der Waals surface area (Å²) in [4.78, 5) is 48.2. The van der Waals surface area contributed by atoms with E-state index in [0.29, 0.717) is 18.8 Å². The Balaban J connectivity index is 2.02. The highest BCUT2D eigenvalue weighted by molar-refractivity contribution is 6.01. The van der Waals surface area contributed by atoms with Crippen LogP contribution in [0.4, 0.5) is 5.82 Å². The number of carbonyl (C=O) groups excluding carboxylic acids is 2. The number of carbonyl (C=O) groups is 2. The van der Waals surface area contributed by atoms with E-state index in [1.54, 1.807) is 0 Å². The highest BCUT2D eigenvalue weighted by atomic mass is 16.5. The third kappa shape index (κ3) is 4.48. The molecule has 0 spiro atoms. The van der Waals surface area contributed by atoms with Gasteiger partial charge in [-0.15, -0.1) is 0 Å². The first-order valence-corrected chi connectivity index (χ1v) is 8.72. The van der Waals surface area contributed by atoms with Crippen LogP contribution < -0.4 is 21.7 Å². The van der Waals surface area contributed by atoms with E-state index < -0.39 is 29.6 Å². The standard InChI is InChI=1S/C19H23N3O6/c1-4-27-14-8-6-5-7-12(14)9-10-15(24)28-11-13(23)16-17(20)21(2)19(26)22(3)18(16)25/h5-8H,4,9-11,20H2,1-3H3. The number of esters is 1. The van der Waals surface area contributed by atoms with E-state index in [1.807, 2.05) is 31.2 Å². The van der Waals surface area contributed by atoms with Gasteiger partial charge in [-0.3, -0.25) is 23.5 Å². The SMILES string of the molecule is CCOc1ccccc1CCC(=O)OCC(=O)c1c(N)n(C)c(=O)n(C)c1=O. The Labute approximate surface area is 161 Å². The lowest BCUT2D eigenvalue weighted by molar-refractivity contribution is -0.142. The highest BCUT2D eigenvalue weighted by Gasteiger charge is 2.21. The maximum Gasteiger partial charge on any atom is 0.332 e. The molecule has 0 aliphatic rings. The molecule has 0 bridgehead atoms. The van der Waals surface area contributed by atoms with E-state index >= 15 is 0 Å². The molecule has 28 heavy (non-hydrogen) atoms. The minimum atomic E-state index is -0.827. The number of aryl methyl sites for hydroxylation is 1. The molecule has 0 atom stereocenters. The van der Waals surface area contributed by atoms with Crippen molar-refractivity contribution < 1.29 is 19.1 Å². The van der Waals surface area contributed by atoms with E-state index in [-0.39, 0.29) is 17.8 Å². The summed E-state index contributed by atoms with van der Waals surface area (Å²) in [5.74, 6) is -0.938. The predicted octanol–water partition coefficient (Wildman–Crippen LogP) is 0.424. The van der Waals surface area contributed by atoms with Crippen LogP contribution in [0, 0.1) is 0 Å². The largest absolute Gasteiger partial charge is 0.494 e. The molecule has 2 rings (SSSR count). The zero-order chi connectivity index (χ0) is 20.8. The number of hydrogen-bond donors (Lipinski definition) is 1. The average molecular weight is 389 g/mol. The maximum atomic E-state index is 12.3. The molecule has 0 aliphatic heterocycles. The molecule has 1 aromatic heterocycles. The first kappa shape index (κ1) is 20.9. The van der Waals surface area contributed by atoms with Gasteiger partial charge in [-0.2, -0.15) is 0 Å². The number of anilines is 1. The number of ether oxygens (including phenoxy) is 2. The Morgan fingerprint density at radius 3 is 2.46 bits per heavy atom. The number of ketones is 1. The van der Waals surface area contributed by atoms with Crippen LogP contribution in [0.3, 0.4) is 0 Å². The Bertz CT molecular complexity index is 1010. The Morgan fingerprint density at radius 2 is 1.79 bits per heavy atom. The first-order valence-electron chi connectivity index (χ1n) is 8.72. The summed E-state index contributed by atoms with van der Waals surface area (Å²) in [5, 5.41) is 0. The van der Waals surface area contributed by atoms with Gasteiger partial charge in [0.15, 0.2) is 6.61 Å². The van der Waals surface area contributed by atoms with Crippen LogP contribution in [-0.2, 0) is 30.0 Å². The van der Waals surface area contributed by atoms with Crippen LogP contribution in [0.1, 0.15) is 29.3 Å². The molecule has 9 nitrogen and oxygen atoms in total. The number of Topliss-reactive ketones (excluding diaryl/α,β-unsaturated/α-hetero) is 1. The molecule has 1 aromatic carbocycles. The smallest absolute Gasteiger partial charge is 0.332 e. The summed E-state index contributed by atoms with van der Waals surface area (Å²) in [6.45, 7) is 1.74. The van der Waals surface area contributed by atoms with E-state index in [2.05, 4.69) is 0 Å². The number of nitrogen functional groups attached to an aromatic ring is 1. The molecule has 0 saturated heterocycles. The number of para-hydroxylation sites is 1. The molecule has 2 aromatic rings. The van der Waals surface area contributed by atoms with Crippen molar-refractivity contribution in [1.82, 2.24) is 9.13 Å². The molecule has 0 aliphatic carbocycles. The monoisotopic (exact) mass is 389 g/mol. The number of rotatable bonds is 8. The van der Waals surface area contributed by atoms with Gasteiger partial charge in [-0.25, -0.2) is 4.79 Å². The number of benzene rings is 1. The maximum absolute atomic E-state index is 12.3. The molecule has 0 saturated carbocycles. The van der Waals surface area contributed by atoms with E-state index in [0.717, 1.165) is 14.7 Å². The molecular weight excluding hydrogens is 366 g/mol. The van der Waals surface area contributed by atoms with Crippen molar-refractivity contribution in [2.75, 3.05) is 18.9 Å². The molecule has 2 N–H and O–H groups in total. The summed E-state index contributed by atoms with van der Waals surface area (Å²) in [6, 6.07) is 7.33. The minimum Gasteiger partial charge on any atom is -0.494 e. The second-order valence-corrected chi connectivity index (χ2v) is 6.09. The summed E-state index contributed by atoms with van der Waals surface area (Å²) >= 11 is 0. The number of nitrogens with zero attached hydrogens (tertiary/aromatic N) is 2. The summed E-state index contributed by atoms with van der Waals surface area (Å²) in [6.07, 6.45) is 0.422. The quantitative estimate of drug-likeness (QED) is 0.513. The number of hydrogen-bond acceptors (Lipinski definition) is 7. The minimum absolute atomic E-state index is 0.0398. The second kappa shape index (κ2) is 9.03. The van der Waals surface area contributed by atoms with Crippen LogP contribution in [0.25, 0.3) is 0 Å². The highest BCUT2D eigenvalue weighted by Crippen LogP contribution is 2.19. The molecule has 150 valence electrons.